The highest BCUT2D eigenvalue weighted by atomic mass is 79.9. The Balaban J connectivity index is 0.00000180. The first-order valence-corrected chi connectivity index (χ1v) is 8.19. The minimum atomic E-state index is -3.49. The van der Waals surface area contributed by atoms with Crippen LogP contribution in [0.3, 0.4) is 0 Å². The number of sulfonamides is 1. The van der Waals surface area contributed by atoms with Crippen molar-refractivity contribution >= 4 is 38.4 Å². The number of halogens is 2. The molecule has 2 rings (SSSR count). The van der Waals surface area contributed by atoms with Crippen LogP contribution >= 0.6 is 28.3 Å². The quantitative estimate of drug-likeness (QED) is 0.835. The predicted molar refractivity (Wildman–Crippen MR) is 82.0 cm³/mol. The van der Waals surface area contributed by atoms with E-state index >= 15 is 0 Å². The van der Waals surface area contributed by atoms with Gasteiger partial charge in [0, 0.05) is 17.1 Å². The molecule has 0 spiro atoms. The Labute approximate surface area is 128 Å². The van der Waals surface area contributed by atoms with Crippen molar-refractivity contribution in [3.05, 3.63) is 28.2 Å². The van der Waals surface area contributed by atoms with Crippen LogP contribution in [0.1, 0.15) is 18.4 Å². The van der Waals surface area contributed by atoms with Gasteiger partial charge in [-0.15, -0.1) is 12.4 Å². The Morgan fingerprint density at radius 1 is 1.47 bits per heavy atom. The summed E-state index contributed by atoms with van der Waals surface area (Å²) in [4.78, 5) is 0.260. The van der Waals surface area contributed by atoms with E-state index in [1.54, 1.807) is 18.2 Å². The first-order chi connectivity index (χ1) is 8.40. The summed E-state index contributed by atoms with van der Waals surface area (Å²) in [5.74, 6) is 0.481. The molecular weight excluding hydrogens is 352 g/mol. The summed E-state index contributed by atoms with van der Waals surface area (Å²) < 4.78 is 27.4. The van der Waals surface area contributed by atoms with Crippen molar-refractivity contribution < 1.29 is 8.42 Å². The second kappa shape index (κ2) is 6.54. The average Bonchev–Trinajstić information content (AvgIpc) is 3.09. The van der Waals surface area contributed by atoms with Gasteiger partial charge in [0.05, 0.1) is 4.90 Å². The van der Waals surface area contributed by atoms with Gasteiger partial charge in [0.1, 0.15) is 0 Å². The first-order valence-electron chi connectivity index (χ1n) is 5.91. The SMILES string of the molecule is Cc1ccc(S(=O)(=O)NCC(N)C2CC2)c(Br)c1.Cl. The molecule has 1 aromatic carbocycles. The number of aryl methyl sites for hydroxylation is 1. The molecule has 1 fully saturated rings. The van der Waals surface area contributed by atoms with E-state index in [9.17, 15) is 8.42 Å². The van der Waals surface area contributed by atoms with Crippen LogP contribution in [0.15, 0.2) is 27.6 Å². The van der Waals surface area contributed by atoms with E-state index in [1.165, 1.54) is 0 Å². The molecule has 7 heteroatoms. The smallest absolute Gasteiger partial charge is 0.241 e. The van der Waals surface area contributed by atoms with E-state index in [0.717, 1.165) is 18.4 Å². The zero-order chi connectivity index (χ0) is 13.3. The molecule has 0 radical (unpaired) electrons. The van der Waals surface area contributed by atoms with Gasteiger partial charge in [-0.05, 0) is 59.3 Å². The van der Waals surface area contributed by atoms with E-state index in [0.29, 0.717) is 16.9 Å². The van der Waals surface area contributed by atoms with Gasteiger partial charge in [-0.25, -0.2) is 13.1 Å². The summed E-state index contributed by atoms with van der Waals surface area (Å²) in [5.41, 5.74) is 6.90. The number of nitrogens with one attached hydrogen (secondary N) is 1. The molecule has 19 heavy (non-hydrogen) atoms. The normalized spacial score (nSPS) is 16.8. The lowest BCUT2D eigenvalue weighted by molar-refractivity contribution is 0.547. The van der Waals surface area contributed by atoms with Crippen LogP contribution < -0.4 is 10.5 Å². The third kappa shape index (κ3) is 4.43. The molecule has 1 unspecified atom stereocenters. The number of hydrogen-bond acceptors (Lipinski definition) is 3. The molecule has 1 saturated carbocycles. The Bertz CT molecular complexity index is 547. The van der Waals surface area contributed by atoms with Gasteiger partial charge in [0.15, 0.2) is 0 Å². The Morgan fingerprint density at radius 2 is 2.11 bits per heavy atom. The van der Waals surface area contributed by atoms with Crippen LogP contribution in [0.5, 0.6) is 0 Å². The van der Waals surface area contributed by atoms with Gasteiger partial charge in [0.25, 0.3) is 0 Å². The third-order valence-electron chi connectivity index (χ3n) is 3.11. The van der Waals surface area contributed by atoms with Gasteiger partial charge >= 0.3 is 0 Å². The number of benzene rings is 1. The molecule has 0 aromatic heterocycles. The van der Waals surface area contributed by atoms with Gasteiger partial charge < -0.3 is 5.73 Å². The summed E-state index contributed by atoms with van der Waals surface area (Å²) >= 11 is 3.28. The van der Waals surface area contributed by atoms with Crippen molar-refractivity contribution in [2.75, 3.05) is 6.54 Å². The molecule has 1 aliphatic rings. The second-order valence-corrected chi connectivity index (χ2v) is 7.38. The number of hydrogen-bond donors (Lipinski definition) is 2. The highest BCUT2D eigenvalue weighted by molar-refractivity contribution is 9.10. The molecule has 0 amide bonds. The summed E-state index contributed by atoms with van der Waals surface area (Å²) in [6.45, 7) is 2.21. The van der Waals surface area contributed by atoms with Crippen molar-refractivity contribution in [3.8, 4) is 0 Å². The molecule has 0 saturated heterocycles. The maximum atomic E-state index is 12.1. The summed E-state index contributed by atoms with van der Waals surface area (Å²) in [7, 11) is -3.49. The number of rotatable bonds is 5. The lowest BCUT2D eigenvalue weighted by Gasteiger charge is -2.13. The highest BCUT2D eigenvalue weighted by Crippen LogP contribution is 2.31. The monoisotopic (exact) mass is 368 g/mol. The van der Waals surface area contributed by atoms with E-state index in [-0.39, 0.29) is 23.3 Å². The van der Waals surface area contributed by atoms with E-state index in [2.05, 4.69) is 20.7 Å². The van der Waals surface area contributed by atoms with Crippen LogP contribution in [0.25, 0.3) is 0 Å². The standard InChI is InChI=1S/C12H17BrN2O2S.ClH/c1-8-2-5-12(10(13)6-8)18(16,17)15-7-11(14)9-3-4-9;/h2,5-6,9,11,15H,3-4,7,14H2,1H3;1H. The molecule has 1 atom stereocenters. The fourth-order valence-electron chi connectivity index (χ4n) is 1.80. The fourth-order valence-corrected chi connectivity index (χ4v) is 4.06. The maximum Gasteiger partial charge on any atom is 0.241 e. The zero-order valence-corrected chi connectivity index (χ0v) is 13.8. The molecular formula is C12H18BrClN2O2S. The van der Waals surface area contributed by atoms with Crippen molar-refractivity contribution in [1.82, 2.24) is 4.72 Å². The summed E-state index contributed by atoms with van der Waals surface area (Å²) in [6, 6.07) is 5.09. The van der Waals surface area contributed by atoms with Crippen molar-refractivity contribution in [3.63, 3.8) is 0 Å². The highest BCUT2D eigenvalue weighted by Gasteiger charge is 2.29. The molecule has 108 valence electrons. The molecule has 1 aliphatic carbocycles. The van der Waals surface area contributed by atoms with E-state index in [1.807, 2.05) is 6.92 Å². The second-order valence-electron chi connectivity index (χ2n) is 4.79. The lowest BCUT2D eigenvalue weighted by Crippen LogP contribution is -2.38. The van der Waals surface area contributed by atoms with Crippen LogP contribution in [0, 0.1) is 12.8 Å². The fraction of sp³-hybridized carbons (Fsp3) is 0.500. The Hall–Kier alpha value is -0.140. The van der Waals surface area contributed by atoms with Crippen LogP contribution in [-0.4, -0.2) is 21.0 Å². The largest absolute Gasteiger partial charge is 0.326 e. The van der Waals surface area contributed by atoms with Crippen molar-refractivity contribution in [1.29, 1.82) is 0 Å². The van der Waals surface area contributed by atoms with Crippen molar-refractivity contribution in [2.24, 2.45) is 11.7 Å². The summed E-state index contributed by atoms with van der Waals surface area (Å²) in [6.07, 6.45) is 2.22. The Morgan fingerprint density at radius 3 is 2.63 bits per heavy atom. The predicted octanol–water partition coefficient (Wildman–Crippen LogP) is 2.19. The summed E-state index contributed by atoms with van der Waals surface area (Å²) in [5, 5.41) is 0. The molecule has 4 nitrogen and oxygen atoms in total. The molecule has 3 N–H and O–H groups in total. The average molecular weight is 370 g/mol. The van der Waals surface area contributed by atoms with E-state index in [4.69, 9.17) is 5.73 Å². The third-order valence-corrected chi connectivity index (χ3v) is 5.51. The van der Waals surface area contributed by atoms with Crippen LogP contribution in [0.4, 0.5) is 0 Å². The first kappa shape index (κ1) is 16.9. The topological polar surface area (TPSA) is 72.2 Å². The van der Waals surface area contributed by atoms with E-state index < -0.39 is 10.0 Å². The van der Waals surface area contributed by atoms with Crippen LogP contribution in [0.2, 0.25) is 0 Å². The minimum absolute atomic E-state index is 0. The molecule has 0 aliphatic heterocycles. The van der Waals surface area contributed by atoms with Gasteiger partial charge in [-0.1, -0.05) is 6.07 Å². The van der Waals surface area contributed by atoms with Crippen LogP contribution in [-0.2, 0) is 10.0 Å². The maximum absolute atomic E-state index is 12.1. The van der Waals surface area contributed by atoms with Gasteiger partial charge in [-0.2, -0.15) is 0 Å². The molecule has 0 heterocycles. The number of nitrogens with two attached hydrogens (primary N) is 1. The lowest BCUT2D eigenvalue weighted by atomic mass is 10.2. The molecule has 0 bridgehead atoms. The van der Waals surface area contributed by atoms with Gasteiger partial charge in [0.2, 0.25) is 10.0 Å². The minimum Gasteiger partial charge on any atom is -0.326 e. The molecule has 1 aromatic rings. The van der Waals surface area contributed by atoms with Gasteiger partial charge in [-0.3, -0.25) is 0 Å². The Kier molecular flexibility index (Phi) is 5.82. The van der Waals surface area contributed by atoms with Crippen molar-refractivity contribution in [2.45, 2.75) is 30.7 Å². The zero-order valence-electron chi connectivity index (χ0n) is 10.6.